The summed E-state index contributed by atoms with van der Waals surface area (Å²) in [6.45, 7) is 2.72. The molecule has 0 radical (unpaired) electrons. The number of unbranched alkanes of at least 4 members (excludes halogenated alkanes) is 1. The second-order valence-corrected chi connectivity index (χ2v) is 4.66. The van der Waals surface area contributed by atoms with Crippen LogP contribution in [0.4, 0.5) is 0 Å². The van der Waals surface area contributed by atoms with E-state index in [-0.39, 0.29) is 5.91 Å². The predicted molar refractivity (Wildman–Crippen MR) is 64.7 cm³/mol. The summed E-state index contributed by atoms with van der Waals surface area (Å²) < 4.78 is 0. The molecule has 0 heterocycles. The maximum absolute atomic E-state index is 11.5. The number of hydrogen-bond acceptors (Lipinski definition) is 3. The SMILES string of the molecule is CCCCSCCC(=O)N(C)CCC#N. The monoisotopic (exact) mass is 228 g/mol. The lowest BCUT2D eigenvalue weighted by molar-refractivity contribution is -0.129. The molecule has 0 aliphatic carbocycles. The lowest BCUT2D eigenvalue weighted by Gasteiger charge is -2.14. The minimum Gasteiger partial charge on any atom is -0.345 e. The van der Waals surface area contributed by atoms with Crippen molar-refractivity contribution in [1.82, 2.24) is 4.90 Å². The normalized spacial score (nSPS) is 9.67. The van der Waals surface area contributed by atoms with Crippen molar-refractivity contribution in [2.24, 2.45) is 0 Å². The maximum Gasteiger partial charge on any atom is 0.223 e. The van der Waals surface area contributed by atoms with Crippen molar-refractivity contribution in [2.75, 3.05) is 25.1 Å². The molecule has 0 bridgehead atoms. The third-order valence-electron chi connectivity index (χ3n) is 2.09. The largest absolute Gasteiger partial charge is 0.345 e. The molecular weight excluding hydrogens is 208 g/mol. The molecule has 0 aromatic rings. The van der Waals surface area contributed by atoms with E-state index in [0.29, 0.717) is 19.4 Å². The van der Waals surface area contributed by atoms with Gasteiger partial charge in [0.1, 0.15) is 0 Å². The predicted octanol–water partition coefficient (Wildman–Crippen LogP) is 2.28. The van der Waals surface area contributed by atoms with Crippen LogP contribution in [0.3, 0.4) is 0 Å². The van der Waals surface area contributed by atoms with E-state index in [0.717, 1.165) is 11.5 Å². The van der Waals surface area contributed by atoms with Crippen LogP contribution >= 0.6 is 11.8 Å². The third kappa shape index (κ3) is 8.31. The van der Waals surface area contributed by atoms with Crippen LogP contribution in [-0.4, -0.2) is 35.9 Å². The average Bonchev–Trinajstić information content (AvgIpc) is 2.25. The van der Waals surface area contributed by atoms with Gasteiger partial charge in [-0.2, -0.15) is 17.0 Å². The summed E-state index contributed by atoms with van der Waals surface area (Å²) in [5, 5.41) is 8.38. The van der Waals surface area contributed by atoms with Gasteiger partial charge >= 0.3 is 0 Å². The maximum atomic E-state index is 11.5. The Morgan fingerprint density at radius 3 is 2.80 bits per heavy atom. The summed E-state index contributed by atoms with van der Waals surface area (Å²) in [5.41, 5.74) is 0. The van der Waals surface area contributed by atoms with E-state index in [1.165, 1.54) is 12.8 Å². The van der Waals surface area contributed by atoms with Gasteiger partial charge in [0.2, 0.25) is 5.91 Å². The molecule has 0 N–H and O–H groups in total. The summed E-state index contributed by atoms with van der Waals surface area (Å²) in [4.78, 5) is 13.1. The van der Waals surface area contributed by atoms with Crippen LogP contribution in [0, 0.1) is 11.3 Å². The van der Waals surface area contributed by atoms with Gasteiger partial charge < -0.3 is 4.90 Å². The molecule has 0 spiro atoms. The van der Waals surface area contributed by atoms with Crippen molar-refractivity contribution in [3.63, 3.8) is 0 Å². The number of nitriles is 1. The Kier molecular flexibility index (Phi) is 9.40. The highest BCUT2D eigenvalue weighted by Gasteiger charge is 2.07. The molecule has 0 saturated carbocycles. The second-order valence-electron chi connectivity index (χ2n) is 3.44. The van der Waals surface area contributed by atoms with Crippen LogP contribution in [0.2, 0.25) is 0 Å². The molecule has 15 heavy (non-hydrogen) atoms. The first-order chi connectivity index (χ1) is 7.22. The van der Waals surface area contributed by atoms with E-state index in [1.807, 2.05) is 17.8 Å². The first-order valence-corrected chi connectivity index (χ1v) is 6.56. The number of rotatable bonds is 8. The van der Waals surface area contributed by atoms with E-state index in [2.05, 4.69) is 6.92 Å². The van der Waals surface area contributed by atoms with Gasteiger partial charge in [-0.3, -0.25) is 4.79 Å². The average molecular weight is 228 g/mol. The highest BCUT2D eigenvalue weighted by Crippen LogP contribution is 2.07. The molecular formula is C11H20N2OS. The Hall–Kier alpha value is -0.690. The van der Waals surface area contributed by atoms with Gasteiger partial charge in [0.05, 0.1) is 12.5 Å². The quantitative estimate of drug-likeness (QED) is 0.599. The minimum absolute atomic E-state index is 0.147. The van der Waals surface area contributed by atoms with Crippen LogP contribution in [0.25, 0.3) is 0 Å². The van der Waals surface area contributed by atoms with Gasteiger partial charge in [-0.15, -0.1) is 0 Å². The highest BCUT2D eigenvalue weighted by atomic mass is 32.2. The molecule has 86 valence electrons. The fourth-order valence-corrected chi connectivity index (χ4v) is 2.06. The molecule has 4 heteroatoms. The Morgan fingerprint density at radius 1 is 1.47 bits per heavy atom. The van der Waals surface area contributed by atoms with Crippen molar-refractivity contribution in [3.05, 3.63) is 0 Å². The first kappa shape index (κ1) is 14.3. The number of nitrogens with zero attached hydrogens (tertiary/aromatic N) is 2. The molecule has 1 amide bonds. The van der Waals surface area contributed by atoms with Gasteiger partial charge in [-0.1, -0.05) is 13.3 Å². The van der Waals surface area contributed by atoms with E-state index < -0.39 is 0 Å². The molecule has 0 fully saturated rings. The summed E-state index contributed by atoms with van der Waals surface area (Å²) in [5.74, 6) is 2.19. The molecule has 0 aromatic carbocycles. The van der Waals surface area contributed by atoms with Crippen LogP contribution in [0.5, 0.6) is 0 Å². The topological polar surface area (TPSA) is 44.1 Å². The van der Waals surface area contributed by atoms with Crippen LogP contribution in [0.15, 0.2) is 0 Å². The summed E-state index contributed by atoms with van der Waals surface area (Å²) in [6, 6.07) is 2.04. The summed E-state index contributed by atoms with van der Waals surface area (Å²) in [7, 11) is 1.76. The highest BCUT2D eigenvalue weighted by molar-refractivity contribution is 7.99. The number of carbonyl (C=O) groups is 1. The zero-order valence-corrected chi connectivity index (χ0v) is 10.5. The molecule has 0 unspecified atom stereocenters. The lowest BCUT2D eigenvalue weighted by Crippen LogP contribution is -2.27. The summed E-state index contributed by atoms with van der Waals surface area (Å²) >= 11 is 1.83. The van der Waals surface area contributed by atoms with Crippen LogP contribution in [-0.2, 0) is 4.79 Å². The Morgan fingerprint density at radius 2 is 2.20 bits per heavy atom. The smallest absolute Gasteiger partial charge is 0.223 e. The van der Waals surface area contributed by atoms with Gasteiger partial charge in [0.25, 0.3) is 0 Å². The van der Waals surface area contributed by atoms with Crippen molar-refractivity contribution < 1.29 is 4.79 Å². The summed E-state index contributed by atoms with van der Waals surface area (Å²) in [6.07, 6.45) is 3.45. The van der Waals surface area contributed by atoms with Crippen molar-refractivity contribution >= 4 is 17.7 Å². The van der Waals surface area contributed by atoms with Gasteiger partial charge in [-0.05, 0) is 12.2 Å². The van der Waals surface area contributed by atoms with E-state index in [4.69, 9.17) is 5.26 Å². The molecule has 3 nitrogen and oxygen atoms in total. The van der Waals surface area contributed by atoms with Crippen molar-refractivity contribution in [2.45, 2.75) is 32.6 Å². The van der Waals surface area contributed by atoms with E-state index >= 15 is 0 Å². The standard InChI is InChI=1S/C11H20N2OS/c1-3-4-9-15-10-6-11(14)13(2)8-5-7-12/h3-6,8-10H2,1-2H3. The molecule has 0 rings (SSSR count). The van der Waals surface area contributed by atoms with Crippen LogP contribution in [0.1, 0.15) is 32.6 Å². The molecule has 0 saturated heterocycles. The number of amides is 1. The molecule has 0 atom stereocenters. The second kappa shape index (κ2) is 9.85. The van der Waals surface area contributed by atoms with Gasteiger partial charge in [0, 0.05) is 25.8 Å². The number of carbonyl (C=O) groups excluding carboxylic acids is 1. The lowest BCUT2D eigenvalue weighted by atomic mass is 10.3. The van der Waals surface area contributed by atoms with Crippen molar-refractivity contribution in [3.8, 4) is 6.07 Å². The number of thioether (sulfide) groups is 1. The van der Waals surface area contributed by atoms with E-state index in [9.17, 15) is 4.79 Å². The van der Waals surface area contributed by atoms with Crippen molar-refractivity contribution in [1.29, 1.82) is 5.26 Å². The zero-order valence-electron chi connectivity index (χ0n) is 9.66. The number of hydrogen-bond donors (Lipinski definition) is 0. The molecule has 0 aliphatic heterocycles. The zero-order chi connectivity index (χ0) is 11.5. The Balaban J connectivity index is 3.43. The first-order valence-electron chi connectivity index (χ1n) is 5.41. The minimum atomic E-state index is 0.147. The van der Waals surface area contributed by atoms with E-state index in [1.54, 1.807) is 11.9 Å². The fraction of sp³-hybridized carbons (Fsp3) is 0.818. The van der Waals surface area contributed by atoms with Gasteiger partial charge in [0.15, 0.2) is 0 Å². The molecule has 0 aromatic heterocycles. The van der Waals surface area contributed by atoms with Crippen LogP contribution < -0.4 is 0 Å². The van der Waals surface area contributed by atoms with Gasteiger partial charge in [-0.25, -0.2) is 0 Å². The fourth-order valence-electron chi connectivity index (χ4n) is 1.04. The Labute approximate surface area is 96.8 Å². The Bertz CT molecular complexity index is 213. The molecule has 0 aliphatic rings. The third-order valence-corrected chi connectivity index (χ3v) is 3.16.